The molecule has 10 heteroatoms. The number of carbonyl (C=O) groups excluding carboxylic acids is 3. The molecule has 1 fully saturated rings. The molecule has 2 aromatic rings. The van der Waals surface area contributed by atoms with Gasteiger partial charge in [0.05, 0.1) is 20.3 Å². The van der Waals surface area contributed by atoms with Gasteiger partial charge < -0.3 is 33.3 Å². The van der Waals surface area contributed by atoms with Crippen LogP contribution >= 0.6 is 0 Å². The van der Waals surface area contributed by atoms with Crippen LogP contribution in [0.4, 0.5) is 0 Å². The number of ether oxygens (including phenoxy) is 3. The van der Waals surface area contributed by atoms with Crippen LogP contribution in [0.2, 0.25) is 0 Å². The van der Waals surface area contributed by atoms with E-state index in [1.165, 1.54) is 18.1 Å². The van der Waals surface area contributed by atoms with E-state index in [0.29, 0.717) is 19.6 Å². The molecule has 10 nitrogen and oxygen atoms in total. The first kappa shape index (κ1) is 26.1. The second-order valence-corrected chi connectivity index (χ2v) is 8.13. The van der Waals surface area contributed by atoms with Gasteiger partial charge >= 0.3 is 0 Å². The monoisotopic (exact) mass is 487 g/mol. The average Bonchev–Trinajstić information content (AvgIpc) is 3.30. The van der Waals surface area contributed by atoms with Gasteiger partial charge in [0.25, 0.3) is 11.9 Å². The van der Waals surface area contributed by atoms with Crippen molar-refractivity contribution < 1.29 is 33.0 Å². The van der Waals surface area contributed by atoms with E-state index in [4.69, 9.17) is 18.6 Å². The second-order valence-electron chi connectivity index (χ2n) is 8.13. The van der Waals surface area contributed by atoms with E-state index in [9.17, 15) is 14.4 Å². The zero-order chi connectivity index (χ0) is 25.4. The van der Waals surface area contributed by atoms with Crippen LogP contribution in [0.25, 0.3) is 0 Å². The molecule has 0 radical (unpaired) electrons. The maximum atomic E-state index is 13.2. The van der Waals surface area contributed by atoms with Crippen LogP contribution in [0.15, 0.2) is 40.8 Å². The van der Waals surface area contributed by atoms with Crippen molar-refractivity contribution in [3.63, 3.8) is 0 Å². The molecule has 35 heavy (non-hydrogen) atoms. The summed E-state index contributed by atoms with van der Waals surface area (Å²) in [6.07, 6.45) is -0.556. The average molecular weight is 488 g/mol. The van der Waals surface area contributed by atoms with Gasteiger partial charge in [0.1, 0.15) is 18.9 Å². The summed E-state index contributed by atoms with van der Waals surface area (Å²) in [5.74, 6) is 0.175. The highest BCUT2D eigenvalue weighted by atomic mass is 16.6. The lowest BCUT2D eigenvalue weighted by Gasteiger charge is -2.26. The van der Waals surface area contributed by atoms with E-state index < -0.39 is 12.0 Å². The highest BCUT2D eigenvalue weighted by Crippen LogP contribution is 2.20. The predicted molar refractivity (Wildman–Crippen MR) is 127 cm³/mol. The van der Waals surface area contributed by atoms with Crippen molar-refractivity contribution in [3.8, 4) is 11.7 Å². The minimum absolute atomic E-state index is 0.0659. The lowest BCUT2D eigenvalue weighted by atomic mass is 10.2. The summed E-state index contributed by atoms with van der Waals surface area (Å²) in [5, 5.41) is 0. The summed E-state index contributed by atoms with van der Waals surface area (Å²) in [7, 11) is 3.03. The highest BCUT2D eigenvalue weighted by molar-refractivity contribution is 5.94. The molecule has 0 spiro atoms. The third-order valence-electron chi connectivity index (χ3n) is 5.90. The fourth-order valence-corrected chi connectivity index (χ4v) is 3.90. The van der Waals surface area contributed by atoms with Crippen molar-refractivity contribution in [1.82, 2.24) is 14.7 Å². The summed E-state index contributed by atoms with van der Waals surface area (Å²) in [4.78, 5) is 43.5. The van der Waals surface area contributed by atoms with Gasteiger partial charge in [-0.1, -0.05) is 12.1 Å². The first-order chi connectivity index (χ1) is 16.9. The van der Waals surface area contributed by atoms with Crippen LogP contribution in [0.3, 0.4) is 0 Å². The molecule has 190 valence electrons. The standard InChI is InChI=1S/C25H33N3O7/c1-5-26(6-2)23(30)17-34-20-14-27(13-18-7-9-19(32-3)10-8-18)22(29)16-28(15-20)25(31)21-11-12-24(33-4)35-21/h7-12,20H,5-6,13-17H2,1-4H3. The van der Waals surface area contributed by atoms with E-state index in [1.54, 1.807) is 23.0 Å². The predicted octanol–water partition coefficient (Wildman–Crippen LogP) is 2.03. The molecule has 3 amide bonds. The number of hydrogen-bond donors (Lipinski definition) is 0. The molecule has 1 aliphatic heterocycles. The van der Waals surface area contributed by atoms with Crippen molar-refractivity contribution in [2.75, 3.05) is 53.6 Å². The lowest BCUT2D eigenvalue weighted by Crippen LogP contribution is -2.41. The van der Waals surface area contributed by atoms with Crippen molar-refractivity contribution in [2.45, 2.75) is 26.5 Å². The molecule has 1 saturated heterocycles. The number of amides is 3. The Morgan fingerprint density at radius 3 is 2.34 bits per heavy atom. The first-order valence-electron chi connectivity index (χ1n) is 11.6. The Morgan fingerprint density at radius 2 is 1.74 bits per heavy atom. The van der Waals surface area contributed by atoms with E-state index >= 15 is 0 Å². The fraction of sp³-hybridized carbons (Fsp3) is 0.480. The van der Waals surface area contributed by atoms with Gasteiger partial charge in [0, 0.05) is 38.8 Å². The Labute approximate surface area is 205 Å². The number of methoxy groups -OCH3 is 2. The van der Waals surface area contributed by atoms with E-state index in [2.05, 4.69) is 0 Å². The molecule has 3 rings (SSSR count). The van der Waals surface area contributed by atoms with Gasteiger partial charge in [-0.2, -0.15) is 0 Å². The van der Waals surface area contributed by atoms with Crippen LogP contribution in [0, 0.1) is 0 Å². The molecule has 0 N–H and O–H groups in total. The van der Waals surface area contributed by atoms with Gasteiger partial charge in [0.15, 0.2) is 5.76 Å². The van der Waals surface area contributed by atoms with Gasteiger partial charge in [0.2, 0.25) is 11.8 Å². The Bertz CT molecular complexity index is 1000. The van der Waals surface area contributed by atoms with Gasteiger partial charge in [-0.3, -0.25) is 14.4 Å². The molecule has 2 heterocycles. The largest absolute Gasteiger partial charge is 0.497 e. The minimum Gasteiger partial charge on any atom is -0.497 e. The number of nitrogens with zero attached hydrogens (tertiary/aromatic N) is 3. The summed E-state index contributed by atoms with van der Waals surface area (Å²) >= 11 is 0. The smallest absolute Gasteiger partial charge is 0.290 e. The summed E-state index contributed by atoms with van der Waals surface area (Å²) in [6.45, 7) is 5.41. The third kappa shape index (κ3) is 6.75. The molecule has 1 atom stereocenters. The molecular weight excluding hydrogens is 454 g/mol. The van der Waals surface area contributed by atoms with Gasteiger partial charge in [-0.15, -0.1) is 0 Å². The quantitative estimate of drug-likeness (QED) is 0.505. The van der Waals surface area contributed by atoms with Gasteiger partial charge in [-0.05, 0) is 37.6 Å². The van der Waals surface area contributed by atoms with Crippen LogP contribution in [0.5, 0.6) is 11.7 Å². The number of hydrogen-bond acceptors (Lipinski definition) is 7. The Hall–Kier alpha value is -3.53. The van der Waals surface area contributed by atoms with Crippen molar-refractivity contribution in [2.24, 2.45) is 0 Å². The number of rotatable bonds is 10. The number of benzene rings is 1. The molecule has 1 unspecified atom stereocenters. The Balaban J connectivity index is 1.78. The minimum atomic E-state index is -0.556. The second kappa shape index (κ2) is 12.3. The maximum Gasteiger partial charge on any atom is 0.290 e. The molecule has 1 aromatic carbocycles. The molecule has 0 saturated carbocycles. The molecule has 0 bridgehead atoms. The number of carbonyl (C=O) groups is 3. The maximum absolute atomic E-state index is 13.2. The first-order valence-corrected chi connectivity index (χ1v) is 11.6. The van der Waals surface area contributed by atoms with Crippen LogP contribution in [0.1, 0.15) is 30.0 Å². The summed E-state index contributed by atoms with van der Waals surface area (Å²) in [6, 6.07) is 10.5. The van der Waals surface area contributed by atoms with Crippen LogP contribution < -0.4 is 9.47 Å². The van der Waals surface area contributed by atoms with Crippen molar-refractivity contribution in [1.29, 1.82) is 0 Å². The van der Waals surface area contributed by atoms with E-state index in [-0.39, 0.29) is 49.8 Å². The third-order valence-corrected chi connectivity index (χ3v) is 5.90. The molecule has 1 aliphatic rings. The normalized spacial score (nSPS) is 16.1. The van der Waals surface area contributed by atoms with Crippen LogP contribution in [-0.2, 0) is 20.9 Å². The van der Waals surface area contributed by atoms with E-state index in [0.717, 1.165) is 11.3 Å². The zero-order valence-corrected chi connectivity index (χ0v) is 20.7. The van der Waals surface area contributed by atoms with Crippen molar-refractivity contribution >= 4 is 17.7 Å². The highest BCUT2D eigenvalue weighted by Gasteiger charge is 2.33. The van der Waals surface area contributed by atoms with Gasteiger partial charge in [-0.25, -0.2) is 0 Å². The summed E-state index contributed by atoms with van der Waals surface area (Å²) in [5.41, 5.74) is 0.910. The lowest BCUT2D eigenvalue weighted by molar-refractivity contribution is -0.138. The fourth-order valence-electron chi connectivity index (χ4n) is 3.90. The van der Waals surface area contributed by atoms with Crippen molar-refractivity contribution in [3.05, 3.63) is 47.7 Å². The Morgan fingerprint density at radius 1 is 1.03 bits per heavy atom. The molecule has 1 aromatic heterocycles. The molecule has 0 aliphatic carbocycles. The number of likely N-dealkylation sites (N-methyl/N-ethyl adjacent to an activating group) is 1. The van der Waals surface area contributed by atoms with Crippen LogP contribution in [-0.4, -0.2) is 92.1 Å². The zero-order valence-electron chi connectivity index (χ0n) is 20.7. The number of furan rings is 1. The molecular formula is C25H33N3O7. The van der Waals surface area contributed by atoms with E-state index in [1.807, 2.05) is 38.1 Å². The Kier molecular flexibility index (Phi) is 9.13. The SMILES string of the molecule is CCN(CC)C(=O)COC1CN(Cc2ccc(OC)cc2)C(=O)CN(C(=O)c2ccc(OC)o2)C1. The topological polar surface area (TPSA) is 102 Å². The summed E-state index contributed by atoms with van der Waals surface area (Å²) < 4.78 is 21.6.